The Morgan fingerprint density at radius 2 is 1.74 bits per heavy atom. The highest BCUT2D eigenvalue weighted by Crippen LogP contribution is 2.22. The molecule has 0 bridgehead atoms. The molecular weight excluding hydrogens is 346 g/mol. The summed E-state index contributed by atoms with van der Waals surface area (Å²) in [5, 5.41) is 0.706. The molecule has 0 saturated heterocycles. The zero-order chi connectivity index (χ0) is 19.6. The van der Waals surface area contributed by atoms with Crippen LogP contribution in [0, 0.1) is 0 Å². The van der Waals surface area contributed by atoms with Crippen molar-refractivity contribution in [1.29, 1.82) is 0 Å². The number of carbonyl (C=O) groups is 1. The monoisotopic (exact) mass is 375 g/mol. The molecule has 0 N–H and O–H groups in total. The highest BCUT2D eigenvalue weighted by molar-refractivity contribution is 5.93. The van der Waals surface area contributed by atoms with Crippen molar-refractivity contribution in [1.82, 2.24) is 0 Å². The van der Waals surface area contributed by atoms with E-state index in [1.165, 1.54) is 0 Å². The van der Waals surface area contributed by atoms with E-state index in [0.29, 0.717) is 17.6 Å². The summed E-state index contributed by atoms with van der Waals surface area (Å²) in [6.45, 7) is 6.91. The maximum atomic E-state index is 12.2. The van der Waals surface area contributed by atoms with Gasteiger partial charge in [0.25, 0.3) is 0 Å². The summed E-state index contributed by atoms with van der Waals surface area (Å²) in [6.07, 6.45) is 3.74. The maximum Gasteiger partial charge on any atom is 0.351 e. The number of hydrogen-bond acceptors (Lipinski definition) is 6. The molecule has 2 aromatic rings. The van der Waals surface area contributed by atoms with Crippen molar-refractivity contribution in [2.45, 2.75) is 39.5 Å². The number of esters is 1. The summed E-state index contributed by atoms with van der Waals surface area (Å²) in [6, 6.07) is 7.20. The van der Waals surface area contributed by atoms with Crippen molar-refractivity contribution in [3.05, 3.63) is 40.2 Å². The lowest BCUT2D eigenvalue weighted by molar-refractivity contribution is 0.0492. The first-order valence-electron chi connectivity index (χ1n) is 9.59. The minimum absolute atomic E-state index is 0.0579. The van der Waals surface area contributed by atoms with E-state index in [2.05, 4.69) is 18.7 Å². The van der Waals surface area contributed by atoms with Crippen LogP contribution in [0.4, 0.5) is 5.69 Å². The van der Waals surface area contributed by atoms with Gasteiger partial charge in [-0.25, -0.2) is 9.59 Å². The lowest BCUT2D eigenvalue weighted by atomic mass is 10.1. The van der Waals surface area contributed by atoms with E-state index in [1.807, 2.05) is 18.2 Å². The summed E-state index contributed by atoms with van der Waals surface area (Å²) < 4.78 is 15.6. The van der Waals surface area contributed by atoms with E-state index in [9.17, 15) is 9.59 Å². The van der Waals surface area contributed by atoms with Gasteiger partial charge in [0.15, 0.2) is 0 Å². The predicted octanol–water partition coefficient (Wildman–Crippen LogP) is 4.00. The van der Waals surface area contributed by atoms with Crippen LogP contribution in [0.2, 0.25) is 0 Å². The fraction of sp³-hybridized carbons (Fsp3) is 0.524. The van der Waals surface area contributed by atoms with Crippen LogP contribution in [-0.2, 0) is 9.47 Å². The van der Waals surface area contributed by atoms with Crippen LogP contribution in [0.5, 0.6) is 0 Å². The Hall–Kier alpha value is -2.34. The fourth-order valence-corrected chi connectivity index (χ4v) is 2.97. The highest BCUT2D eigenvalue weighted by atomic mass is 16.5. The largest absolute Gasteiger partial charge is 0.462 e. The van der Waals surface area contributed by atoms with Gasteiger partial charge in [0.05, 0.1) is 6.61 Å². The Bertz CT molecular complexity index is 795. The molecule has 0 aliphatic heterocycles. The van der Waals surface area contributed by atoms with E-state index < -0.39 is 11.6 Å². The number of fused-ring (bicyclic) bond motifs is 1. The molecule has 0 aliphatic carbocycles. The molecule has 6 heteroatoms. The molecule has 27 heavy (non-hydrogen) atoms. The molecule has 0 atom stereocenters. The molecule has 1 aromatic carbocycles. The zero-order valence-electron chi connectivity index (χ0n) is 16.5. The lowest BCUT2D eigenvalue weighted by Gasteiger charge is -2.20. The second-order valence-electron chi connectivity index (χ2n) is 6.38. The van der Waals surface area contributed by atoms with Crippen molar-refractivity contribution >= 4 is 22.6 Å². The molecule has 0 amide bonds. The van der Waals surface area contributed by atoms with Gasteiger partial charge >= 0.3 is 11.6 Å². The van der Waals surface area contributed by atoms with E-state index in [1.54, 1.807) is 13.2 Å². The van der Waals surface area contributed by atoms with Gasteiger partial charge in [-0.2, -0.15) is 0 Å². The molecule has 0 spiro atoms. The first kappa shape index (κ1) is 21.0. The highest BCUT2D eigenvalue weighted by Gasteiger charge is 2.16. The van der Waals surface area contributed by atoms with Crippen LogP contribution in [0.15, 0.2) is 33.5 Å². The van der Waals surface area contributed by atoms with E-state index >= 15 is 0 Å². The normalized spacial score (nSPS) is 10.9. The van der Waals surface area contributed by atoms with Gasteiger partial charge in [-0.1, -0.05) is 6.42 Å². The Balaban J connectivity index is 2.02. The number of rotatable bonds is 11. The molecule has 0 radical (unpaired) electrons. The van der Waals surface area contributed by atoms with Gasteiger partial charge in [-0.15, -0.1) is 0 Å². The molecule has 0 aliphatic rings. The smallest absolute Gasteiger partial charge is 0.351 e. The van der Waals surface area contributed by atoms with E-state index in [4.69, 9.17) is 13.9 Å². The number of ether oxygens (including phenoxy) is 2. The van der Waals surface area contributed by atoms with Gasteiger partial charge in [0, 0.05) is 43.9 Å². The maximum absolute atomic E-state index is 12.2. The molecular formula is C21H29NO5. The van der Waals surface area contributed by atoms with Gasteiger partial charge in [-0.3, -0.25) is 0 Å². The molecule has 0 saturated carbocycles. The molecule has 1 aromatic heterocycles. The summed E-state index contributed by atoms with van der Waals surface area (Å²) in [5.74, 6) is -0.629. The summed E-state index contributed by atoms with van der Waals surface area (Å²) >= 11 is 0. The van der Waals surface area contributed by atoms with Crippen molar-refractivity contribution in [3.8, 4) is 0 Å². The van der Waals surface area contributed by atoms with Crippen LogP contribution in [-0.4, -0.2) is 39.4 Å². The molecule has 148 valence electrons. The average molecular weight is 375 g/mol. The van der Waals surface area contributed by atoms with Crippen LogP contribution >= 0.6 is 0 Å². The van der Waals surface area contributed by atoms with Gasteiger partial charge in [-0.05, 0) is 51.3 Å². The Morgan fingerprint density at radius 3 is 2.41 bits per heavy atom. The molecule has 0 fully saturated rings. The average Bonchev–Trinajstić information content (AvgIpc) is 2.67. The van der Waals surface area contributed by atoms with Crippen LogP contribution in [0.1, 0.15) is 49.9 Å². The Kier molecular flexibility index (Phi) is 8.33. The third-order valence-corrected chi connectivity index (χ3v) is 4.54. The van der Waals surface area contributed by atoms with Crippen molar-refractivity contribution < 1.29 is 18.7 Å². The number of anilines is 1. The first-order chi connectivity index (χ1) is 13.1. The second kappa shape index (κ2) is 10.7. The van der Waals surface area contributed by atoms with Crippen molar-refractivity contribution in [2.24, 2.45) is 0 Å². The van der Waals surface area contributed by atoms with Gasteiger partial charge in [0.2, 0.25) is 0 Å². The van der Waals surface area contributed by atoms with Crippen molar-refractivity contribution in [3.63, 3.8) is 0 Å². The third kappa shape index (κ3) is 5.82. The minimum Gasteiger partial charge on any atom is -0.462 e. The second-order valence-corrected chi connectivity index (χ2v) is 6.38. The van der Waals surface area contributed by atoms with Crippen LogP contribution in [0.3, 0.4) is 0 Å². The van der Waals surface area contributed by atoms with Gasteiger partial charge < -0.3 is 18.8 Å². The lowest BCUT2D eigenvalue weighted by Crippen LogP contribution is -2.21. The molecule has 1 heterocycles. The van der Waals surface area contributed by atoms with Gasteiger partial charge in [0.1, 0.15) is 11.1 Å². The molecule has 2 rings (SSSR count). The van der Waals surface area contributed by atoms with Crippen LogP contribution < -0.4 is 10.5 Å². The molecule has 6 nitrogen and oxygen atoms in total. The number of nitrogens with zero attached hydrogens (tertiary/aromatic N) is 1. The Morgan fingerprint density at radius 1 is 1.04 bits per heavy atom. The van der Waals surface area contributed by atoms with E-state index in [-0.39, 0.29) is 5.56 Å². The molecule has 0 unspecified atom stereocenters. The van der Waals surface area contributed by atoms with Crippen molar-refractivity contribution in [2.75, 3.05) is 38.3 Å². The topological polar surface area (TPSA) is 69.0 Å². The number of benzene rings is 1. The summed E-state index contributed by atoms with van der Waals surface area (Å²) in [5.41, 5.74) is 0.736. The number of unbranched alkanes of at least 4 members (excludes halogenated alkanes) is 3. The SMILES string of the molecule is CCN(CC)c1ccc2cc(C(=O)OCCCCCCOC)c(=O)oc2c1. The number of methoxy groups -OCH3 is 1. The zero-order valence-corrected chi connectivity index (χ0v) is 16.5. The number of carbonyl (C=O) groups excluding carboxylic acids is 1. The third-order valence-electron chi connectivity index (χ3n) is 4.54. The quantitative estimate of drug-likeness (QED) is 0.336. The fourth-order valence-electron chi connectivity index (χ4n) is 2.97. The summed E-state index contributed by atoms with van der Waals surface area (Å²) in [4.78, 5) is 26.6. The van der Waals surface area contributed by atoms with E-state index in [0.717, 1.165) is 51.1 Å². The first-order valence-corrected chi connectivity index (χ1v) is 9.59. The minimum atomic E-state index is -0.663. The predicted molar refractivity (Wildman–Crippen MR) is 107 cm³/mol. The Labute approximate surface area is 160 Å². The number of hydrogen-bond donors (Lipinski definition) is 0. The summed E-state index contributed by atoms with van der Waals surface area (Å²) in [7, 11) is 1.68. The standard InChI is InChI=1S/C21H29NO5/c1-4-22(5-2)17-11-10-16-14-18(21(24)27-19(16)15-17)20(23)26-13-9-7-6-8-12-25-3/h10-11,14-15H,4-9,12-13H2,1-3H3. The van der Waals surface area contributed by atoms with Crippen LogP contribution in [0.25, 0.3) is 11.0 Å².